The van der Waals surface area contributed by atoms with E-state index < -0.39 is 15.9 Å². The van der Waals surface area contributed by atoms with Crippen LogP contribution in [0.4, 0.5) is 5.69 Å². The molecule has 0 atom stereocenters. The predicted octanol–water partition coefficient (Wildman–Crippen LogP) is 4.59. The predicted molar refractivity (Wildman–Crippen MR) is 110 cm³/mol. The number of carbonyl (C=O) groups excluding carboxylic acids is 1. The van der Waals surface area contributed by atoms with Gasteiger partial charge >= 0.3 is 0 Å². The molecule has 1 heterocycles. The summed E-state index contributed by atoms with van der Waals surface area (Å²) in [5.41, 5.74) is 0.435. The Morgan fingerprint density at radius 3 is 2.36 bits per heavy atom. The lowest BCUT2D eigenvalue weighted by molar-refractivity contribution is 0.102. The minimum atomic E-state index is -3.58. The van der Waals surface area contributed by atoms with Crippen molar-refractivity contribution in [2.24, 2.45) is 0 Å². The van der Waals surface area contributed by atoms with Crippen molar-refractivity contribution in [2.45, 2.75) is 43.0 Å². The highest BCUT2D eigenvalue weighted by Gasteiger charge is 2.29. The average molecular weight is 442 g/mol. The lowest BCUT2D eigenvalue weighted by Crippen LogP contribution is -2.38. The zero-order valence-corrected chi connectivity index (χ0v) is 17.7. The van der Waals surface area contributed by atoms with Gasteiger partial charge in [-0.15, -0.1) is 0 Å². The van der Waals surface area contributed by atoms with Crippen molar-refractivity contribution in [1.29, 1.82) is 0 Å². The molecule has 1 aromatic heterocycles. The van der Waals surface area contributed by atoms with E-state index in [1.165, 1.54) is 40.7 Å². The molecule has 1 aliphatic carbocycles. The first-order chi connectivity index (χ1) is 13.3. The summed E-state index contributed by atoms with van der Waals surface area (Å²) in [5, 5.41) is 2.98. The second-order valence-electron chi connectivity index (χ2n) is 6.76. The van der Waals surface area contributed by atoms with E-state index in [1.54, 1.807) is 7.05 Å². The van der Waals surface area contributed by atoms with Crippen molar-refractivity contribution in [2.75, 3.05) is 12.4 Å². The normalized spacial score (nSPS) is 15.6. The maximum atomic E-state index is 12.9. The third-order valence-electron chi connectivity index (χ3n) is 4.91. The van der Waals surface area contributed by atoms with Crippen LogP contribution < -0.4 is 5.32 Å². The fourth-order valence-corrected chi connectivity index (χ4v) is 5.04. The minimum Gasteiger partial charge on any atom is -0.321 e. The Morgan fingerprint density at radius 2 is 1.71 bits per heavy atom. The van der Waals surface area contributed by atoms with Crippen LogP contribution in [0.3, 0.4) is 0 Å². The van der Waals surface area contributed by atoms with E-state index >= 15 is 0 Å². The molecule has 0 radical (unpaired) electrons. The van der Waals surface area contributed by atoms with Gasteiger partial charge in [-0.1, -0.05) is 42.5 Å². The van der Waals surface area contributed by atoms with Crippen LogP contribution in [0.1, 0.15) is 42.6 Å². The van der Waals surface area contributed by atoms with Gasteiger partial charge in [0.2, 0.25) is 10.0 Å². The first-order valence-corrected chi connectivity index (χ1v) is 11.2. The fourth-order valence-electron chi connectivity index (χ4n) is 3.29. The van der Waals surface area contributed by atoms with Crippen LogP contribution in [0, 0.1) is 0 Å². The summed E-state index contributed by atoms with van der Waals surface area (Å²) in [5.74, 6) is -0.526. The molecule has 0 saturated heterocycles. The van der Waals surface area contributed by atoms with E-state index in [0.717, 1.165) is 32.1 Å². The zero-order valence-electron chi connectivity index (χ0n) is 15.4. The molecular formula is C19H21Cl2N3O3S. The maximum Gasteiger partial charge on any atom is 0.275 e. The molecule has 150 valence electrons. The molecule has 9 heteroatoms. The number of benzene rings is 1. The highest BCUT2D eigenvalue weighted by Crippen LogP contribution is 2.27. The van der Waals surface area contributed by atoms with Gasteiger partial charge in [-0.3, -0.25) is 4.79 Å². The molecule has 1 fully saturated rings. The summed E-state index contributed by atoms with van der Waals surface area (Å²) >= 11 is 11.8. The zero-order chi connectivity index (χ0) is 20.3. The Balaban J connectivity index is 1.73. The van der Waals surface area contributed by atoms with Crippen LogP contribution in [0.5, 0.6) is 0 Å². The van der Waals surface area contributed by atoms with E-state index in [2.05, 4.69) is 10.3 Å². The van der Waals surface area contributed by atoms with Crippen LogP contribution in [-0.2, 0) is 10.0 Å². The minimum absolute atomic E-state index is 0.00268. The molecule has 28 heavy (non-hydrogen) atoms. The van der Waals surface area contributed by atoms with E-state index in [9.17, 15) is 13.2 Å². The number of nitrogens with one attached hydrogen (secondary N) is 1. The Hall–Kier alpha value is -1.67. The number of nitrogens with zero attached hydrogens (tertiary/aromatic N) is 2. The number of hydrogen-bond donors (Lipinski definition) is 1. The number of sulfonamides is 1. The molecule has 1 amide bonds. The summed E-state index contributed by atoms with van der Waals surface area (Å²) in [6.07, 6.45) is 5.03. The molecular weight excluding hydrogens is 421 g/mol. The van der Waals surface area contributed by atoms with Crippen molar-refractivity contribution in [3.8, 4) is 0 Å². The van der Waals surface area contributed by atoms with Crippen molar-refractivity contribution in [3.63, 3.8) is 0 Å². The largest absolute Gasteiger partial charge is 0.321 e. The lowest BCUT2D eigenvalue weighted by Gasteiger charge is -2.30. The Bertz CT molecular complexity index is 959. The van der Waals surface area contributed by atoms with Gasteiger partial charge in [-0.2, -0.15) is 4.31 Å². The number of aromatic nitrogens is 1. The molecule has 3 rings (SSSR count). The highest BCUT2D eigenvalue weighted by atomic mass is 35.5. The number of anilines is 1. The summed E-state index contributed by atoms with van der Waals surface area (Å²) in [7, 11) is -1.95. The van der Waals surface area contributed by atoms with Gasteiger partial charge in [0, 0.05) is 18.8 Å². The Morgan fingerprint density at radius 1 is 1.07 bits per heavy atom. The third-order valence-corrected chi connectivity index (χ3v) is 7.34. The number of hydrogen-bond acceptors (Lipinski definition) is 4. The van der Waals surface area contributed by atoms with Gasteiger partial charge in [0.25, 0.3) is 5.91 Å². The number of halogens is 2. The molecule has 2 aromatic rings. The highest BCUT2D eigenvalue weighted by molar-refractivity contribution is 7.89. The fraction of sp³-hybridized carbons (Fsp3) is 0.368. The van der Waals surface area contributed by atoms with Crippen molar-refractivity contribution >= 4 is 44.8 Å². The van der Waals surface area contributed by atoms with Gasteiger partial charge in [-0.25, -0.2) is 13.4 Å². The van der Waals surface area contributed by atoms with Gasteiger partial charge in [0.15, 0.2) is 0 Å². The average Bonchev–Trinajstić information content (AvgIpc) is 2.70. The van der Waals surface area contributed by atoms with Crippen LogP contribution in [0.15, 0.2) is 41.3 Å². The summed E-state index contributed by atoms with van der Waals surface area (Å²) in [6, 6.07) is 9.06. The maximum absolute atomic E-state index is 12.9. The summed E-state index contributed by atoms with van der Waals surface area (Å²) in [6.45, 7) is 0. The van der Waals surface area contributed by atoms with E-state index in [-0.39, 0.29) is 26.8 Å². The number of carbonyl (C=O) groups is 1. The van der Waals surface area contributed by atoms with Gasteiger partial charge in [0.1, 0.15) is 10.8 Å². The first-order valence-electron chi connectivity index (χ1n) is 9.00. The summed E-state index contributed by atoms with van der Waals surface area (Å²) < 4.78 is 27.2. The van der Waals surface area contributed by atoms with Gasteiger partial charge < -0.3 is 5.32 Å². The molecule has 0 bridgehead atoms. The molecule has 0 aliphatic heterocycles. The van der Waals surface area contributed by atoms with Crippen LogP contribution in [0.2, 0.25) is 10.2 Å². The molecule has 0 spiro atoms. The molecule has 1 aliphatic rings. The van der Waals surface area contributed by atoms with E-state index in [4.69, 9.17) is 23.2 Å². The van der Waals surface area contributed by atoms with Crippen LogP contribution in [-0.4, -0.2) is 36.7 Å². The summed E-state index contributed by atoms with van der Waals surface area (Å²) in [4.78, 5) is 16.5. The van der Waals surface area contributed by atoms with Crippen molar-refractivity contribution in [1.82, 2.24) is 9.29 Å². The molecule has 0 unspecified atom stereocenters. The van der Waals surface area contributed by atoms with Gasteiger partial charge in [0.05, 0.1) is 9.92 Å². The third kappa shape index (κ3) is 4.66. The topological polar surface area (TPSA) is 79.4 Å². The molecule has 1 saturated carbocycles. The van der Waals surface area contributed by atoms with Crippen LogP contribution >= 0.6 is 23.2 Å². The van der Waals surface area contributed by atoms with E-state index in [1.807, 2.05) is 0 Å². The number of rotatable bonds is 5. The monoisotopic (exact) mass is 441 g/mol. The van der Waals surface area contributed by atoms with Crippen molar-refractivity contribution < 1.29 is 13.2 Å². The number of pyridine rings is 1. The second kappa shape index (κ2) is 8.78. The molecule has 6 nitrogen and oxygen atoms in total. The van der Waals surface area contributed by atoms with Gasteiger partial charge in [-0.05, 0) is 49.2 Å². The smallest absolute Gasteiger partial charge is 0.275 e. The quantitative estimate of drug-likeness (QED) is 0.687. The van der Waals surface area contributed by atoms with Crippen molar-refractivity contribution in [3.05, 3.63) is 52.3 Å². The lowest BCUT2D eigenvalue weighted by atomic mass is 9.96. The Labute approximate surface area is 174 Å². The van der Waals surface area contributed by atoms with Crippen LogP contribution in [0.25, 0.3) is 0 Å². The SMILES string of the molecule is CN(C1CCCCC1)S(=O)(=O)c1ccc(NC(=O)c2nc(Cl)ccc2Cl)cc1. The second-order valence-corrected chi connectivity index (χ2v) is 9.55. The molecule has 1 N–H and O–H groups in total. The number of amides is 1. The standard InChI is InChI=1S/C19H21Cl2N3O3S/c1-24(14-5-3-2-4-6-14)28(26,27)15-9-7-13(8-10-15)22-19(25)18-16(20)11-12-17(21)23-18/h7-12,14H,2-6H2,1H3,(H,22,25). The first kappa shape index (κ1) is 21.0. The van der Waals surface area contributed by atoms with E-state index in [0.29, 0.717) is 5.69 Å². The molecule has 1 aromatic carbocycles. The Kier molecular flexibility index (Phi) is 6.60.